The van der Waals surface area contributed by atoms with Gasteiger partial charge in [-0.2, -0.15) is 5.26 Å². The number of carbonyl (C=O) groups excluding carboxylic acids is 1. The molecule has 0 aliphatic carbocycles. The normalized spacial score (nSPS) is 21.7. The summed E-state index contributed by atoms with van der Waals surface area (Å²) >= 11 is 0. The molecule has 0 saturated carbocycles. The fourth-order valence-electron chi connectivity index (χ4n) is 4.42. The van der Waals surface area contributed by atoms with Crippen LogP contribution < -0.4 is 15.2 Å². The zero-order valence-electron chi connectivity index (χ0n) is 18.9. The maximum absolute atomic E-state index is 12.7. The van der Waals surface area contributed by atoms with Gasteiger partial charge in [0.25, 0.3) is 0 Å². The van der Waals surface area contributed by atoms with Gasteiger partial charge in [-0.1, -0.05) is 0 Å². The van der Waals surface area contributed by atoms with Crippen LogP contribution in [0.1, 0.15) is 15.9 Å². The highest BCUT2D eigenvalue weighted by Gasteiger charge is 2.35. The van der Waals surface area contributed by atoms with Crippen molar-refractivity contribution in [2.24, 2.45) is 5.73 Å². The predicted molar refractivity (Wildman–Crippen MR) is 123 cm³/mol. The second kappa shape index (κ2) is 10.8. The van der Waals surface area contributed by atoms with Crippen molar-refractivity contribution in [3.63, 3.8) is 0 Å². The first-order valence-electron chi connectivity index (χ1n) is 11.2. The van der Waals surface area contributed by atoms with Crippen LogP contribution in [0.25, 0.3) is 0 Å². The summed E-state index contributed by atoms with van der Waals surface area (Å²) in [5.41, 5.74) is 7.61. The number of nitriles is 1. The van der Waals surface area contributed by atoms with Gasteiger partial charge in [0.2, 0.25) is 0 Å². The standard InChI is InChI=1S/C25H30N4O4/c1-31-21-8-4-19(5-9-21)25(30)16-29-14-23-12-28(13-24(15-29)33-23)11-20(27)17-32-22-6-2-18(10-26)3-7-22/h2-9,20,23-24H,11-17,27H2,1H3/t20-,23?,24?/m0/s1. The first kappa shape index (κ1) is 23.2. The number of nitrogens with two attached hydrogens (primary N) is 1. The lowest BCUT2D eigenvalue weighted by molar-refractivity contribution is -0.137. The number of benzene rings is 2. The highest BCUT2D eigenvalue weighted by atomic mass is 16.5. The SMILES string of the molecule is COc1ccc(C(=O)CN2CC3CN(C[C@H](N)COc4ccc(C#N)cc4)CC(C2)O3)cc1. The number of nitrogens with zero attached hydrogens (tertiary/aromatic N) is 3. The third-order valence-electron chi connectivity index (χ3n) is 5.95. The average Bonchev–Trinajstić information content (AvgIpc) is 2.82. The van der Waals surface area contributed by atoms with Crippen molar-refractivity contribution in [1.29, 1.82) is 5.26 Å². The highest BCUT2D eigenvalue weighted by molar-refractivity contribution is 5.97. The van der Waals surface area contributed by atoms with Crippen molar-refractivity contribution in [2.75, 3.05) is 53.0 Å². The van der Waals surface area contributed by atoms with Gasteiger partial charge in [-0.25, -0.2) is 0 Å². The molecule has 2 bridgehead atoms. The molecule has 8 nitrogen and oxygen atoms in total. The van der Waals surface area contributed by atoms with Gasteiger partial charge < -0.3 is 19.9 Å². The van der Waals surface area contributed by atoms with Crippen molar-refractivity contribution in [2.45, 2.75) is 18.2 Å². The Morgan fingerprint density at radius 3 is 2.27 bits per heavy atom. The lowest BCUT2D eigenvalue weighted by Gasteiger charge is -2.46. The van der Waals surface area contributed by atoms with Crippen LogP contribution in [0.5, 0.6) is 11.5 Å². The molecule has 174 valence electrons. The summed E-state index contributed by atoms with van der Waals surface area (Å²) in [5.74, 6) is 1.56. The van der Waals surface area contributed by atoms with Gasteiger partial charge in [0.05, 0.1) is 43.5 Å². The Kier molecular flexibility index (Phi) is 7.57. The molecular weight excluding hydrogens is 420 g/mol. The molecule has 2 aromatic carbocycles. The van der Waals surface area contributed by atoms with Crippen LogP contribution >= 0.6 is 0 Å². The fraction of sp³-hybridized carbons (Fsp3) is 0.440. The molecule has 3 atom stereocenters. The molecule has 2 aliphatic rings. The topological polar surface area (TPSA) is 101 Å². The van der Waals surface area contributed by atoms with Gasteiger partial charge in [0, 0.05) is 38.3 Å². The Hall–Kier alpha value is -2.96. The van der Waals surface area contributed by atoms with Crippen molar-refractivity contribution in [3.8, 4) is 17.6 Å². The Bertz CT molecular complexity index is 959. The molecule has 0 radical (unpaired) electrons. The molecule has 0 spiro atoms. The van der Waals surface area contributed by atoms with Crippen molar-refractivity contribution in [1.82, 2.24) is 9.80 Å². The van der Waals surface area contributed by atoms with Crippen LogP contribution in [-0.2, 0) is 4.74 Å². The molecule has 2 aromatic rings. The molecule has 2 aliphatic heterocycles. The molecule has 2 heterocycles. The summed E-state index contributed by atoms with van der Waals surface area (Å²) in [5, 5.41) is 8.88. The van der Waals surface area contributed by atoms with Crippen LogP contribution in [0.3, 0.4) is 0 Å². The molecule has 0 aromatic heterocycles. The van der Waals surface area contributed by atoms with Crippen molar-refractivity contribution in [3.05, 3.63) is 59.7 Å². The molecule has 4 rings (SSSR count). The van der Waals surface area contributed by atoms with E-state index >= 15 is 0 Å². The third-order valence-corrected chi connectivity index (χ3v) is 5.95. The summed E-state index contributed by atoms with van der Waals surface area (Å²) in [6.07, 6.45) is 0.126. The number of fused-ring (bicyclic) bond motifs is 2. The minimum Gasteiger partial charge on any atom is -0.497 e. The summed E-state index contributed by atoms with van der Waals surface area (Å²) in [7, 11) is 1.61. The first-order valence-corrected chi connectivity index (χ1v) is 11.2. The van der Waals surface area contributed by atoms with E-state index < -0.39 is 0 Å². The fourth-order valence-corrected chi connectivity index (χ4v) is 4.42. The number of morpholine rings is 2. The predicted octanol–water partition coefficient (Wildman–Crippen LogP) is 1.54. The third kappa shape index (κ3) is 6.30. The van der Waals surface area contributed by atoms with E-state index in [2.05, 4.69) is 15.9 Å². The molecule has 8 heteroatoms. The van der Waals surface area contributed by atoms with Gasteiger partial charge in [0.1, 0.15) is 18.1 Å². The molecule has 2 unspecified atom stereocenters. The number of rotatable bonds is 9. The number of hydrogen-bond acceptors (Lipinski definition) is 8. The van der Waals surface area contributed by atoms with E-state index in [4.69, 9.17) is 25.2 Å². The smallest absolute Gasteiger partial charge is 0.176 e. The maximum atomic E-state index is 12.7. The van der Waals surface area contributed by atoms with Gasteiger partial charge in [-0.3, -0.25) is 14.6 Å². The Balaban J connectivity index is 1.22. The van der Waals surface area contributed by atoms with Gasteiger partial charge in [-0.05, 0) is 48.5 Å². The number of carbonyl (C=O) groups is 1. The zero-order valence-corrected chi connectivity index (χ0v) is 18.9. The van der Waals surface area contributed by atoms with Crippen LogP contribution in [0.2, 0.25) is 0 Å². The number of Topliss-reactive ketones (excluding diaryl/α,β-unsaturated/α-hetero) is 1. The van der Waals surface area contributed by atoms with Crippen LogP contribution in [-0.4, -0.2) is 86.8 Å². The van der Waals surface area contributed by atoms with Crippen LogP contribution in [0.15, 0.2) is 48.5 Å². The van der Waals surface area contributed by atoms with Crippen molar-refractivity contribution >= 4 is 5.78 Å². The first-order chi connectivity index (χ1) is 16.0. The second-order valence-corrected chi connectivity index (χ2v) is 8.65. The van der Waals surface area contributed by atoms with Crippen molar-refractivity contribution < 1.29 is 19.0 Å². The minimum atomic E-state index is -0.132. The quantitative estimate of drug-likeness (QED) is 0.574. The van der Waals surface area contributed by atoms with E-state index in [9.17, 15) is 4.79 Å². The molecule has 2 N–H and O–H groups in total. The summed E-state index contributed by atoms with van der Waals surface area (Å²) in [6, 6.07) is 16.2. The summed E-state index contributed by atoms with van der Waals surface area (Å²) in [6.45, 7) is 4.54. The van der Waals surface area contributed by atoms with Crippen LogP contribution in [0, 0.1) is 11.3 Å². The maximum Gasteiger partial charge on any atom is 0.176 e. The molecular formula is C25H30N4O4. The van der Waals surface area contributed by atoms with E-state index in [1.54, 1.807) is 31.4 Å². The van der Waals surface area contributed by atoms with E-state index in [1.165, 1.54) is 0 Å². The zero-order chi connectivity index (χ0) is 23.2. The second-order valence-electron chi connectivity index (χ2n) is 8.65. The number of hydrogen-bond donors (Lipinski definition) is 1. The number of ether oxygens (including phenoxy) is 3. The van der Waals surface area contributed by atoms with E-state index in [-0.39, 0.29) is 24.0 Å². The largest absolute Gasteiger partial charge is 0.497 e. The number of methoxy groups -OCH3 is 1. The highest BCUT2D eigenvalue weighted by Crippen LogP contribution is 2.20. The van der Waals surface area contributed by atoms with Gasteiger partial charge >= 0.3 is 0 Å². The minimum absolute atomic E-state index is 0.0628. The summed E-state index contributed by atoms with van der Waals surface area (Å²) in [4.78, 5) is 17.2. The van der Waals surface area contributed by atoms with E-state index in [0.717, 1.165) is 38.5 Å². The molecule has 2 fully saturated rings. The average molecular weight is 451 g/mol. The van der Waals surface area contributed by atoms with Crippen LogP contribution in [0.4, 0.5) is 0 Å². The molecule has 2 saturated heterocycles. The molecule has 0 amide bonds. The Morgan fingerprint density at radius 2 is 1.67 bits per heavy atom. The van der Waals surface area contributed by atoms with Gasteiger partial charge in [0.15, 0.2) is 5.78 Å². The van der Waals surface area contributed by atoms with Gasteiger partial charge in [-0.15, -0.1) is 0 Å². The van der Waals surface area contributed by atoms with E-state index in [1.807, 2.05) is 24.3 Å². The Labute approximate surface area is 194 Å². The summed E-state index contributed by atoms with van der Waals surface area (Å²) < 4.78 is 17.1. The lowest BCUT2D eigenvalue weighted by Crippen LogP contribution is -2.61. The van der Waals surface area contributed by atoms with E-state index in [0.29, 0.717) is 30.0 Å². The molecule has 33 heavy (non-hydrogen) atoms. The lowest BCUT2D eigenvalue weighted by atomic mass is 10.1. The monoisotopic (exact) mass is 450 g/mol. The Morgan fingerprint density at radius 1 is 1.06 bits per heavy atom. The number of ketones is 1.